The number of para-hydroxylation sites is 1. The molecule has 7 nitrogen and oxygen atoms in total. The van der Waals surface area contributed by atoms with Crippen molar-refractivity contribution < 1.29 is 23.8 Å². The minimum atomic E-state index is -0.613. The maximum Gasteiger partial charge on any atom is 0.339 e. The number of hydrogen-bond acceptors (Lipinski definition) is 6. The molecule has 1 heterocycles. The molecule has 1 N–H and O–H groups in total. The van der Waals surface area contributed by atoms with E-state index in [0.29, 0.717) is 40.2 Å². The van der Waals surface area contributed by atoms with Crippen molar-refractivity contribution in [1.29, 1.82) is 0 Å². The fourth-order valence-corrected chi connectivity index (χ4v) is 4.06. The first-order valence-corrected chi connectivity index (χ1v) is 12.4. The lowest BCUT2D eigenvalue weighted by Gasteiger charge is -2.11. The summed E-state index contributed by atoms with van der Waals surface area (Å²) in [5.74, 6) is 0.265. The van der Waals surface area contributed by atoms with Crippen LogP contribution in [0, 0.1) is 0 Å². The highest BCUT2D eigenvalue weighted by atomic mass is 16.5. The number of amides is 1. The Hall–Kier alpha value is -5.17. The molecule has 0 spiro atoms. The third-order valence-corrected chi connectivity index (χ3v) is 6.02. The summed E-state index contributed by atoms with van der Waals surface area (Å²) in [6.07, 6.45) is 0. The first kappa shape index (κ1) is 25.5. The number of nitrogens with zero attached hydrogens (tertiary/aromatic N) is 1. The highest BCUT2D eigenvalue weighted by Gasteiger charge is 2.17. The minimum absolute atomic E-state index is 0.328. The van der Waals surface area contributed by atoms with E-state index in [1.54, 1.807) is 43.5 Å². The zero-order valence-corrected chi connectivity index (χ0v) is 21.3. The number of carbonyl (C=O) groups is 2. The van der Waals surface area contributed by atoms with E-state index in [0.717, 1.165) is 16.9 Å². The van der Waals surface area contributed by atoms with Crippen LogP contribution in [0.4, 0.5) is 5.69 Å². The Labute approximate surface area is 226 Å². The van der Waals surface area contributed by atoms with Gasteiger partial charge in [0.2, 0.25) is 0 Å². The summed E-state index contributed by atoms with van der Waals surface area (Å²) in [5, 5.41) is 3.34. The molecule has 1 amide bonds. The fraction of sp³-hybridized carbons (Fsp3) is 0.0938. The van der Waals surface area contributed by atoms with Crippen LogP contribution in [-0.4, -0.2) is 30.6 Å². The van der Waals surface area contributed by atoms with Gasteiger partial charge >= 0.3 is 5.97 Å². The van der Waals surface area contributed by atoms with Gasteiger partial charge in [-0.25, -0.2) is 9.78 Å². The van der Waals surface area contributed by atoms with Gasteiger partial charge in [0.1, 0.15) is 18.1 Å². The van der Waals surface area contributed by atoms with Crippen LogP contribution in [0.2, 0.25) is 0 Å². The predicted molar refractivity (Wildman–Crippen MR) is 150 cm³/mol. The van der Waals surface area contributed by atoms with E-state index in [2.05, 4.69) is 5.32 Å². The van der Waals surface area contributed by atoms with Crippen molar-refractivity contribution in [1.82, 2.24) is 4.98 Å². The molecule has 0 fully saturated rings. The molecule has 0 radical (unpaired) electrons. The van der Waals surface area contributed by atoms with Crippen LogP contribution in [0.5, 0.6) is 11.5 Å². The minimum Gasteiger partial charge on any atom is -0.497 e. The Balaban J connectivity index is 1.30. The molecule has 0 unspecified atom stereocenters. The summed E-state index contributed by atoms with van der Waals surface area (Å²) < 4.78 is 16.4. The average Bonchev–Trinajstić information content (AvgIpc) is 2.99. The molecular weight excluding hydrogens is 492 g/mol. The number of fused-ring (bicyclic) bond motifs is 1. The van der Waals surface area contributed by atoms with Crippen LogP contribution in [0.15, 0.2) is 109 Å². The van der Waals surface area contributed by atoms with Crippen LogP contribution < -0.4 is 14.8 Å². The summed E-state index contributed by atoms with van der Waals surface area (Å²) in [6.45, 7) is 0.0330. The van der Waals surface area contributed by atoms with E-state index in [1.807, 2.05) is 72.8 Å². The van der Waals surface area contributed by atoms with Crippen LogP contribution >= 0.6 is 0 Å². The second-order valence-electron chi connectivity index (χ2n) is 8.73. The smallest absolute Gasteiger partial charge is 0.339 e. The van der Waals surface area contributed by atoms with Crippen molar-refractivity contribution in [2.24, 2.45) is 0 Å². The number of aromatic nitrogens is 1. The molecule has 0 saturated heterocycles. The van der Waals surface area contributed by atoms with Crippen molar-refractivity contribution in [3.8, 4) is 22.8 Å². The van der Waals surface area contributed by atoms with Gasteiger partial charge in [0, 0.05) is 22.7 Å². The third-order valence-electron chi connectivity index (χ3n) is 6.02. The van der Waals surface area contributed by atoms with Crippen molar-refractivity contribution in [2.45, 2.75) is 6.61 Å². The number of ether oxygens (including phenoxy) is 3. The van der Waals surface area contributed by atoms with E-state index in [4.69, 9.17) is 19.2 Å². The monoisotopic (exact) mass is 518 g/mol. The van der Waals surface area contributed by atoms with Crippen molar-refractivity contribution in [3.05, 3.63) is 120 Å². The molecule has 7 heteroatoms. The molecule has 4 aromatic carbocycles. The van der Waals surface area contributed by atoms with Gasteiger partial charge < -0.3 is 19.5 Å². The molecule has 5 rings (SSSR count). The largest absolute Gasteiger partial charge is 0.497 e. The Kier molecular flexibility index (Phi) is 7.79. The Morgan fingerprint density at radius 1 is 0.795 bits per heavy atom. The van der Waals surface area contributed by atoms with Gasteiger partial charge in [0.15, 0.2) is 6.61 Å². The first-order chi connectivity index (χ1) is 19.1. The fourth-order valence-electron chi connectivity index (χ4n) is 4.06. The maximum atomic E-state index is 13.1. The Morgan fingerprint density at radius 3 is 2.36 bits per heavy atom. The lowest BCUT2D eigenvalue weighted by atomic mass is 10.0. The summed E-state index contributed by atoms with van der Waals surface area (Å²) in [7, 11) is 1.55. The van der Waals surface area contributed by atoms with Gasteiger partial charge in [0.05, 0.1) is 23.9 Å². The third kappa shape index (κ3) is 6.40. The van der Waals surface area contributed by atoms with Gasteiger partial charge in [-0.15, -0.1) is 0 Å². The van der Waals surface area contributed by atoms with E-state index < -0.39 is 18.5 Å². The summed E-state index contributed by atoms with van der Waals surface area (Å²) in [6, 6.07) is 33.4. The highest BCUT2D eigenvalue weighted by molar-refractivity contribution is 6.05. The highest BCUT2D eigenvalue weighted by Crippen LogP contribution is 2.27. The van der Waals surface area contributed by atoms with Gasteiger partial charge in [0.25, 0.3) is 5.91 Å². The molecule has 39 heavy (non-hydrogen) atoms. The van der Waals surface area contributed by atoms with Crippen molar-refractivity contribution in [2.75, 3.05) is 19.0 Å². The Bertz CT molecular complexity index is 1600. The number of carbonyl (C=O) groups excluding carboxylic acids is 2. The number of esters is 1. The number of hydrogen-bond donors (Lipinski definition) is 1. The second kappa shape index (κ2) is 11.9. The summed E-state index contributed by atoms with van der Waals surface area (Å²) in [4.78, 5) is 30.3. The number of pyridine rings is 1. The molecule has 0 atom stereocenters. The van der Waals surface area contributed by atoms with Gasteiger partial charge in [-0.05, 0) is 54.1 Å². The molecule has 5 aromatic rings. The van der Waals surface area contributed by atoms with Crippen LogP contribution in [0.1, 0.15) is 15.9 Å². The Morgan fingerprint density at radius 2 is 1.56 bits per heavy atom. The van der Waals surface area contributed by atoms with Crippen molar-refractivity contribution >= 4 is 28.5 Å². The predicted octanol–water partition coefficient (Wildman–Crippen LogP) is 6.28. The van der Waals surface area contributed by atoms with Gasteiger partial charge in [-0.2, -0.15) is 0 Å². The standard InChI is InChI=1S/C32H26N2O5/c1-37-26-11-7-10-24(18-26)33-31(35)21-39-32(36)28-19-30(34-29-13-6-5-12-27(28)29)23-14-16-25(17-15-23)38-20-22-8-3-2-4-9-22/h2-19H,20-21H2,1H3,(H,33,35). The molecule has 0 aliphatic carbocycles. The van der Waals surface area contributed by atoms with Gasteiger partial charge in [-0.3, -0.25) is 4.79 Å². The van der Waals surface area contributed by atoms with Crippen molar-refractivity contribution in [3.63, 3.8) is 0 Å². The number of rotatable bonds is 9. The molecule has 0 saturated carbocycles. The first-order valence-electron chi connectivity index (χ1n) is 12.4. The SMILES string of the molecule is COc1cccc(NC(=O)COC(=O)c2cc(-c3ccc(OCc4ccccc4)cc3)nc3ccccc23)c1. The summed E-state index contributed by atoms with van der Waals surface area (Å²) in [5.41, 5.74) is 4.02. The van der Waals surface area contributed by atoms with E-state index in [-0.39, 0.29) is 0 Å². The molecule has 0 bridgehead atoms. The average molecular weight is 519 g/mol. The van der Waals surface area contributed by atoms with Crippen LogP contribution in [0.25, 0.3) is 22.2 Å². The molecule has 1 aromatic heterocycles. The molecule has 194 valence electrons. The molecule has 0 aliphatic rings. The van der Waals surface area contributed by atoms with Crippen LogP contribution in [0.3, 0.4) is 0 Å². The van der Waals surface area contributed by atoms with E-state index >= 15 is 0 Å². The lowest BCUT2D eigenvalue weighted by Crippen LogP contribution is -2.21. The zero-order valence-electron chi connectivity index (χ0n) is 21.3. The van der Waals surface area contributed by atoms with E-state index in [9.17, 15) is 9.59 Å². The normalized spacial score (nSPS) is 10.6. The number of methoxy groups -OCH3 is 1. The number of anilines is 1. The quantitative estimate of drug-likeness (QED) is 0.231. The second-order valence-corrected chi connectivity index (χ2v) is 8.73. The topological polar surface area (TPSA) is 86.8 Å². The van der Waals surface area contributed by atoms with Gasteiger partial charge in [-0.1, -0.05) is 54.6 Å². The van der Waals surface area contributed by atoms with Crippen LogP contribution in [-0.2, 0) is 16.1 Å². The summed E-state index contributed by atoms with van der Waals surface area (Å²) >= 11 is 0. The molecular formula is C32H26N2O5. The van der Waals surface area contributed by atoms with E-state index in [1.165, 1.54) is 0 Å². The maximum absolute atomic E-state index is 13.1. The number of nitrogens with one attached hydrogen (secondary N) is 1. The zero-order chi connectivity index (χ0) is 27.0. The lowest BCUT2D eigenvalue weighted by molar-refractivity contribution is -0.119. The molecule has 0 aliphatic heterocycles. The number of benzene rings is 4.